The van der Waals surface area contributed by atoms with Crippen LogP contribution in [0.4, 0.5) is 0 Å². The quantitative estimate of drug-likeness (QED) is 0.758. The molecule has 28 heavy (non-hydrogen) atoms. The molecule has 0 radical (unpaired) electrons. The van der Waals surface area contributed by atoms with Crippen molar-refractivity contribution in [3.63, 3.8) is 0 Å². The molecule has 0 aliphatic carbocycles. The molecule has 2 aliphatic rings. The summed E-state index contributed by atoms with van der Waals surface area (Å²) in [4.78, 5) is 18.3. The summed E-state index contributed by atoms with van der Waals surface area (Å²) < 4.78 is 26.4. The topological polar surface area (TPSA) is 90.8 Å². The first kappa shape index (κ1) is 18.8. The van der Waals surface area contributed by atoms with E-state index >= 15 is 0 Å². The molecule has 2 fully saturated rings. The Morgan fingerprint density at radius 1 is 1.00 bits per heavy atom. The van der Waals surface area contributed by atoms with Crippen LogP contribution in [0.1, 0.15) is 11.5 Å². The second kappa shape index (κ2) is 7.46. The van der Waals surface area contributed by atoms with Crippen LogP contribution in [-0.2, 0) is 14.8 Å². The molecule has 0 unspecified atom stereocenters. The van der Waals surface area contributed by atoms with Crippen LogP contribution in [0.25, 0.3) is 0 Å². The van der Waals surface area contributed by atoms with E-state index in [1.54, 1.807) is 17.0 Å². The van der Waals surface area contributed by atoms with Gasteiger partial charge in [-0.2, -0.15) is 4.31 Å². The molecule has 1 aromatic heterocycles. The highest BCUT2D eigenvalue weighted by Gasteiger charge is 2.39. The number of aliphatic hydroxyl groups excluding tert-OH is 1. The Bertz CT molecular complexity index is 990. The van der Waals surface area contributed by atoms with Crippen LogP contribution in [-0.4, -0.2) is 66.4 Å². The smallest absolute Gasteiger partial charge is 0.261 e. The van der Waals surface area contributed by atoms with Crippen LogP contribution in [0, 0.1) is 0 Å². The Kier molecular flexibility index (Phi) is 5.01. The van der Waals surface area contributed by atoms with E-state index in [1.807, 2.05) is 30.3 Å². The standard InChI is InChI=1S/C20H21N3O4S/c24-14-18(15-6-2-1-3-7-15)20(25)22-10-16(11-22)17-12-23(13-17)28(26,27)19-8-4-5-9-21-19/h1-9,18,24H,10-14H2/t18-/m1/s1. The molecule has 3 heterocycles. The minimum atomic E-state index is -3.56. The highest BCUT2D eigenvalue weighted by Crippen LogP contribution is 2.31. The molecule has 146 valence electrons. The molecule has 1 N–H and O–H groups in total. The third-order valence-electron chi connectivity index (χ3n) is 5.23. The molecule has 0 bridgehead atoms. The second-order valence-electron chi connectivity index (χ2n) is 6.99. The number of sulfonamides is 1. The van der Waals surface area contributed by atoms with E-state index < -0.39 is 15.9 Å². The summed E-state index contributed by atoms with van der Waals surface area (Å²) >= 11 is 0. The maximum atomic E-state index is 12.7. The summed E-state index contributed by atoms with van der Waals surface area (Å²) in [5, 5.41) is 9.70. The number of carbonyl (C=O) groups is 1. The zero-order chi connectivity index (χ0) is 19.7. The number of rotatable bonds is 5. The lowest BCUT2D eigenvalue weighted by Crippen LogP contribution is -2.52. The maximum absolute atomic E-state index is 12.7. The number of benzene rings is 1. The van der Waals surface area contributed by atoms with Crippen LogP contribution in [0.3, 0.4) is 0 Å². The average molecular weight is 399 g/mol. The molecular weight excluding hydrogens is 378 g/mol. The number of likely N-dealkylation sites (tertiary alicyclic amines) is 1. The first-order chi connectivity index (χ1) is 13.5. The predicted molar refractivity (Wildman–Crippen MR) is 103 cm³/mol. The Morgan fingerprint density at radius 3 is 2.25 bits per heavy atom. The van der Waals surface area contributed by atoms with Gasteiger partial charge in [0, 0.05) is 32.4 Å². The number of hydrogen-bond donors (Lipinski definition) is 1. The summed E-state index contributed by atoms with van der Waals surface area (Å²) in [6.45, 7) is 1.45. The van der Waals surface area contributed by atoms with Gasteiger partial charge in [0.25, 0.3) is 10.0 Å². The van der Waals surface area contributed by atoms with Gasteiger partial charge in [0.15, 0.2) is 5.03 Å². The Morgan fingerprint density at radius 2 is 1.64 bits per heavy atom. The van der Waals surface area contributed by atoms with Gasteiger partial charge < -0.3 is 10.0 Å². The third-order valence-corrected chi connectivity index (χ3v) is 6.94. The van der Waals surface area contributed by atoms with Gasteiger partial charge in [0.1, 0.15) is 0 Å². The van der Waals surface area contributed by atoms with Crippen LogP contribution >= 0.6 is 0 Å². The summed E-state index contributed by atoms with van der Waals surface area (Å²) in [7, 11) is -3.56. The minimum absolute atomic E-state index is 0.0538. The van der Waals surface area contributed by atoms with Gasteiger partial charge in [-0.3, -0.25) is 4.79 Å². The lowest BCUT2D eigenvalue weighted by Gasteiger charge is -2.42. The molecule has 0 saturated carbocycles. The molecule has 1 atom stereocenters. The second-order valence-corrected chi connectivity index (χ2v) is 8.87. The number of carbonyl (C=O) groups excluding carboxylic acids is 1. The van der Waals surface area contributed by atoms with Crippen LogP contribution in [0.5, 0.6) is 0 Å². The molecule has 2 saturated heterocycles. The zero-order valence-electron chi connectivity index (χ0n) is 15.2. The molecule has 2 aliphatic heterocycles. The van der Waals surface area contributed by atoms with Crippen molar-refractivity contribution in [2.45, 2.75) is 10.9 Å². The maximum Gasteiger partial charge on any atom is 0.261 e. The Hall–Kier alpha value is -2.55. The van der Waals surface area contributed by atoms with Gasteiger partial charge in [-0.15, -0.1) is 0 Å². The summed E-state index contributed by atoms with van der Waals surface area (Å²) in [6.07, 6.45) is 1.46. The molecule has 4 rings (SSSR count). The molecule has 8 heteroatoms. The first-order valence-corrected chi connectivity index (χ1v) is 10.5. The Labute approximate surface area is 164 Å². The van der Waals surface area contributed by atoms with Crippen molar-refractivity contribution in [1.29, 1.82) is 0 Å². The van der Waals surface area contributed by atoms with Gasteiger partial charge in [0.2, 0.25) is 5.91 Å². The van der Waals surface area contributed by atoms with Crippen molar-refractivity contribution in [3.05, 3.63) is 71.4 Å². The average Bonchev–Trinajstić information content (AvgIpc) is 2.64. The van der Waals surface area contributed by atoms with Gasteiger partial charge in [-0.1, -0.05) is 36.4 Å². The number of pyridine rings is 1. The molecule has 7 nitrogen and oxygen atoms in total. The number of nitrogens with zero attached hydrogens (tertiary/aromatic N) is 3. The number of hydrogen-bond acceptors (Lipinski definition) is 5. The van der Waals surface area contributed by atoms with Crippen LogP contribution in [0.2, 0.25) is 0 Å². The number of amides is 1. The van der Waals surface area contributed by atoms with Gasteiger partial charge in [0.05, 0.1) is 12.5 Å². The van der Waals surface area contributed by atoms with E-state index in [0.29, 0.717) is 26.2 Å². The predicted octanol–water partition coefficient (Wildman–Crippen LogP) is 1.00. The van der Waals surface area contributed by atoms with Crippen LogP contribution < -0.4 is 0 Å². The van der Waals surface area contributed by atoms with Crippen molar-refractivity contribution < 1.29 is 18.3 Å². The number of aromatic nitrogens is 1. The van der Waals surface area contributed by atoms with Gasteiger partial charge in [-0.25, -0.2) is 13.4 Å². The van der Waals surface area contributed by atoms with Crippen molar-refractivity contribution in [2.75, 3.05) is 32.8 Å². The third kappa shape index (κ3) is 3.34. The zero-order valence-corrected chi connectivity index (χ0v) is 16.0. The SMILES string of the molecule is O=C([C@H](CO)c1ccccc1)N1CC(=C2CN(S(=O)(=O)c3ccccn3)C2)C1. The molecular formula is C20H21N3O4S. The summed E-state index contributed by atoms with van der Waals surface area (Å²) in [5.74, 6) is -0.662. The fraction of sp³-hybridized carbons (Fsp3) is 0.300. The van der Waals surface area contributed by atoms with Crippen LogP contribution in [0.15, 0.2) is 70.9 Å². The first-order valence-electron chi connectivity index (χ1n) is 9.06. The van der Waals surface area contributed by atoms with Gasteiger partial charge in [-0.05, 0) is 28.8 Å². The van der Waals surface area contributed by atoms with Gasteiger partial charge >= 0.3 is 0 Å². The highest BCUT2D eigenvalue weighted by molar-refractivity contribution is 7.89. The highest BCUT2D eigenvalue weighted by atomic mass is 32.2. The fourth-order valence-electron chi connectivity index (χ4n) is 3.43. The van der Waals surface area contributed by atoms with Crippen molar-refractivity contribution in [3.8, 4) is 0 Å². The lowest BCUT2D eigenvalue weighted by atomic mass is 9.92. The summed E-state index contributed by atoms with van der Waals surface area (Å²) in [5.41, 5.74) is 2.96. The van der Waals surface area contributed by atoms with Crippen molar-refractivity contribution >= 4 is 15.9 Å². The normalized spacial score (nSPS) is 18.4. The lowest BCUT2D eigenvalue weighted by molar-refractivity contribution is -0.135. The number of aliphatic hydroxyl groups is 1. The molecule has 0 spiro atoms. The summed E-state index contributed by atoms with van der Waals surface area (Å²) in [6, 6.07) is 14.1. The van der Waals surface area contributed by atoms with E-state index in [0.717, 1.165) is 16.7 Å². The van der Waals surface area contributed by atoms with E-state index in [2.05, 4.69) is 4.98 Å². The molecule has 1 aromatic carbocycles. The van der Waals surface area contributed by atoms with Crippen molar-refractivity contribution in [2.24, 2.45) is 0 Å². The Balaban J connectivity index is 1.37. The molecule has 1 amide bonds. The molecule has 2 aromatic rings. The fourth-order valence-corrected chi connectivity index (χ4v) is 4.79. The van der Waals surface area contributed by atoms with E-state index in [-0.39, 0.29) is 17.5 Å². The van der Waals surface area contributed by atoms with Crippen molar-refractivity contribution in [1.82, 2.24) is 14.2 Å². The van der Waals surface area contributed by atoms with E-state index in [4.69, 9.17) is 0 Å². The van der Waals surface area contributed by atoms with E-state index in [9.17, 15) is 18.3 Å². The monoisotopic (exact) mass is 399 g/mol. The minimum Gasteiger partial charge on any atom is -0.395 e. The largest absolute Gasteiger partial charge is 0.395 e. The van der Waals surface area contributed by atoms with E-state index in [1.165, 1.54) is 16.6 Å².